The van der Waals surface area contributed by atoms with Gasteiger partial charge in [-0.1, -0.05) is 41.0 Å². The smallest absolute Gasteiger partial charge is 0.303 e. The summed E-state index contributed by atoms with van der Waals surface area (Å²) >= 11 is 0. The normalized spacial score (nSPS) is 48.0. The summed E-state index contributed by atoms with van der Waals surface area (Å²) in [6, 6.07) is 0. The number of furan rings is 1. The van der Waals surface area contributed by atoms with Crippen LogP contribution in [0.5, 0.6) is 0 Å². The number of hydrogen-bond acceptors (Lipinski definition) is 4. The summed E-state index contributed by atoms with van der Waals surface area (Å²) in [6.45, 7) is 13.7. The van der Waals surface area contributed by atoms with Gasteiger partial charge in [0.1, 0.15) is 6.10 Å². The number of aliphatic hydroxyl groups excluding tert-OH is 1. The Kier molecular flexibility index (Phi) is 4.60. The van der Waals surface area contributed by atoms with Gasteiger partial charge in [0, 0.05) is 23.5 Å². The molecule has 1 N–H and O–H groups in total. The first-order valence-corrected chi connectivity index (χ1v) is 12.4. The van der Waals surface area contributed by atoms with E-state index in [9.17, 15) is 9.90 Å². The highest BCUT2D eigenvalue weighted by Gasteiger charge is 2.68. The van der Waals surface area contributed by atoms with Crippen LogP contribution < -0.4 is 0 Å². The third-order valence-corrected chi connectivity index (χ3v) is 10.9. The van der Waals surface area contributed by atoms with E-state index in [1.807, 2.05) is 6.26 Å². The third-order valence-electron chi connectivity index (χ3n) is 10.9. The summed E-state index contributed by atoms with van der Waals surface area (Å²) in [5.41, 5.74) is 2.37. The van der Waals surface area contributed by atoms with Crippen molar-refractivity contribution < 1.29 is 19.1 Å². The minimum absolute atomic E-state index is 0.111. The van der Waals surface area contributed by atoms with Crippen LogP contribution in [-0.4, -0.2) is 17.2 Å². The quantitative estimate of drug-likeness (QED) is 0.543. The molecule has 4 heteroatoms. The van der Waals surface area contributed by atoms with Gasteiger partial charge in [-0.3, -0.25) is 4.79 Å². The third kappa shape index (κ3) is 2.72. The number of ether oxygens (including phenoxy) is 1. The predicted molar refractivity (Wildman–Crippen MR) is 119 cm³/mol. The van der Waals surface area contributed by atoms with Gasteiger partial charge in [0.05, 0.1) is 18.6 Å². The first-order chi connectivity index (χ1) is 14.4. The Morgan fingerprint density at radius 3 is 2.42 bits per heavy atom. The van der Waals surface area contributed by atoms with E-state index in [0.717, 1.165) is 24.0 Å². The maximum atomic E-state index is 11.9. The van der Waals surface area contributed by atoms with Crippen molar-refractivity contribution in [2.75, 3.05) is 0 Å². The number of carbonyl (C=O) groups excluding carboxylic acids is 1. The standard InChI is InChI=1S/C27H40O4/c1-16(28)31-19-12-22-26(5)11-8-20-24(2,3)9-7-10-25(20,4)21(26)13-23(29)27(22,6)18-15-30-14-17(18)19/h14-15,19-23,29H,7-13H2,1-6H3/t19-,20+,21-,22+,23-,25+,26-,27-/m1/s1. The molecule has 31 heavy (non-hydrogen) atoms. The highest BCUT2D eigenvalue weighted by molar-refractivity contribution is 5.66. The molecule has 3 fully saturated rings. The van der Waals surface area contributed by atoms with Crippen LogP contribution in [0.15, 0.2) is 16.9 Å². The predicted octanol–water partition coefficient (Wildman–Crippen LogP) is 6.17. The second-order valence-electron chi connectivity index (χ2n) is 12.7. The Balaban J connectivity index is 1.61. The fourth-order valence-corrected chi connectivity index (χ4v) is 9.56. The maximum Gasteiger partial charge on any atom is 0.303 e. The number of aliphatic hydroxyl groups is 1. The van der Waals surface area contributed by atoms with Crippen LogP contribution in [0.25, 0.3) is 0 Å². The summed E-state index contributed by atoms with van der Waals surface area (Å²) in [5.74, 6) is 1.20. The molecule has 0 radical (unpaired) electrons. The molecule has 0 aliphatic heterocycles. The molecular formula is C27H40O4. The average molecular weight is 429 g/mol. The van der Waals surface area contributed by atoms with Crippen LogP contribution in [0.4, 0.5) is 0 Å². The monoisotopic (exact) mass is 428 g/mol. The molecular weight excluding hydrogens is 388 g/mol. The highest BCUT2D eigenvalue weighted by Crippen LogP contribution is 2.72. The molecule has 4 aliphatic carbocycles. The molecule has 0 bridgehead atoms. The fourth-order valence-electron chi connectivity index (χ4n) is 9.56. The molecule has 0 saturated heterocycles. The Morgan fingerprint density at radius 2 is 1.71 bits per heavy atom. The summed E-state index contributed by atoms with van der Waals surface area (Å²) in [6.07, 6.45) is 10.8. The number of hydrogen-bond donors (Lipinski definition) is 1. The van der Waals surface area contributed by atoms with Crippen molar-refractivity contribution in [1.82, 2.24) is 0 Å². The molecule has 4 aliphatic rings. The van der Waals surface area contributed by atoms with Crippen molar-refractivity contribution in [2.45, 2.75) is 104 Å². The molecule has 3 saturated carbocycles. The van der Waals surface area contributed by atoms with Crippen LogP contribution in [0.1, 0.15) is 104 Å². The van der Waals surface area contributed by atoms with Gasteiger partial charge in [-0.2, -0.15) is 0 Å². The highest BCUT2D eigenvalue weighted by atomic mass is 16.5. The molecule has 5 rings (SSSR count). The SMILES string of the molecule is CC(=O)O[C@@H]1C[C@H]2[C@]3(C)CC[C@H]4C(C)(C)CCC[C@]4(C)[C@H]3C[C@@H](O)[C@]2(C)c2cocc21. The second kappa shape index (κ2) is 6.62. The van der Waals surface area contributed by atoms with Crippen molar-refractivity contribution in [3.05, 3.63) is 23.7 Å². The van der Waals surface area contributed by atoms with Crippen molar-refractivity contribution in [3.8, 4) is 0 Å². The van der Waals surface area contributed by atoms with Gasteiger partial charge < -0.3 is 14.3 Å². The lowest BCUT2D eigenvalue weighted by atomic mass is 9.35. The van der Waals surface area contributed by atoms with Gasteiger partial charge in [-0.05, 0) is 72.5 Å². The van der Waals surface area contributed by atoms with E-state index in [4.69, 9.17) is 9.15 Å². The number of rotatable bonds is 1. The van der Waals surface area contributed by atoms with E-state index in [2.05, 4.69) is 34.6 Å². The van der Waals surface area contributed by atoms with Crippen LogP contribution in [0.3, 0.4) is 0 Å². The van der Waals surface area contributed by atoms with E-state index in [0.29, 0.717) is 17.3 Å². The van der Waals surface area contributed by atoms with E-state index in [1.54, 1.807) is 6.26 Å². The van der Waals surface area contributed by atoms with E-state index in [1.165, 1.54) is 39.0 Å². The zero-order valence-corrected chi connectivity index (χ0v) is 20.2. The molecule has 0 amide bonds. The van der Waals surface area contributed by atoms with Crippen LogP contribution in [0.2, 0.25) is 0 Å². The largest absolute Gasteiger partial charge is 0.472 e. The zero-order valence-electron chi connectivity index (χ0n) is 20.2. The van der Waals surface area contributed by atoms with Gasteiger partial charge in [-0.25, -0.2) is 0 Å². The van der Waals surface area contributed by atoms with Crippen molar-refractivity contribution >= 4 is 5.97 Å². The van der Waals surface area contributed by atoms with Crippen LogP contribution in [-0.2, 0) is 14.9 Å². The van der Waals surface area contributed by atoms with E-state index < -0.39 is 6.10 Å². The first-order valence-electron chi connectivity index (χ1n) is 12.4. The van der Waals surface area contributed by atoms with Crippen LogP contribution >= 0.6 is 0 Å². The first kappa shape index (κ1) is 21.6. The zero-order chi connectivity index (χ0) is 22.4. The van der Waals surface area contributed by atoms with Gasteiger partial charge >= 0.3 is 5.97 Å². The molecule has 0 aromatic carbocycles. The van der Waals surface area contributed by atoms with Gasteiger partial charge in [-0.15, -0.1) is 0 Å². The summed E-state index contributed by atoms with van der Waals surface area (Å²) in [5, 5.41) is 11.7. The number of carbonyl (C=O) groups is 1. The summed E-state index contributed by atoms with van der Waals surface area (Å²) in [7, 11) is 0. The summed E-state index contributed by atoms with van der Waals surface area (Å²) in [4.78, 5) is 11.9. The molecule has 0 unspecified atom stereocenters. The molecule has 0 spiro atoms. The fraction of sp³-hybridized carbons (Fsp3) is 0.815. The number of esters is 1. The lowest BCUT2D eigenvalue weighted by molar-refractivity contribution is -0.214. The lowest BCUT2D eigenvalue weighted by Crippen LogP contribution is -2.66. The summed E-state index contributed by atoms with van der Waals surface area (Å²) < 4.78 is 11.5. The van der Waals surface area contributed by atoms with Crippen LogP contribution in [0, 0.1) is 34.0 Å². The van der Waals surface area contributed by atoms with Crippen molar-refractivity contribution in [3.63, 3.8) is 0 Å². The van der Waals surface area contributed by atoms with Crippen molar-refractivity contribution in [2.24, 2.45) is 34.0 Å². The minimum atomic E-state index is -0.411. The molecule has 1 aromatic rings. The molecule has 1 aromatic heterocycles. The van der Waals surface area contributed by atoms with Gasteiger partial charge in [0.25, 0.3) is 0 Å². The molecule has 1 heterocycles. The lowest BCUT2D eigenvalue weighted by Gasteiger charge is -2.70. The van der Waals surface area contributed by atoms with E-state index >= 15 is 0 Å². The Labute approximate surface area is 187 Å². The Bertz CT molecular complexity index is 886. The minimum Gasteiger partial charge on any atom is -0.472 e. The van der Waals surface area contributed by atoms with E-state index in [-0.39, 0.29) is 34.2 Å². The average Bonchev–Trinajstić information content (AvgIpc) is 3.16. The molecule has 8 atom stereocenters. The van der Waals surface area contributed by atoms with Gasteiger partial charge in [0.15, 0.2) is 0 Å². The second-order valence-corrected chi connectivity index (χ2v) is 12.7. The van der Waals surface area contributed by atoms with Crippen molar-refractivity contribution in [1.29, 1.82) is 0 Å². The van der Waals surface area contributed by atoms with Gasteiger partial charge in [0.2, 0.25) is 0 Å². The topological polar surface area (TPSA) is 59.7 Å². The Morgan fingerprint density at radius 1 is 1.00 bits per heavy atom. The molecule has 172 valence electrons. The Hall–Kier alpha value is -1.29. The maximum absolute atomic E-state index is 11.9. The molecule has 4 nitrogen and oxygen atoms in total. The number of fused-ring (bicyclic) bond motifs is 7.